The molecule has 14 heteroatoms. The smallest absolute Gasteiger partial charge is 0.478 e. The Morgan fingerprint density at radius 2 is 1.44 bits per heavy atom. The number of alkyl halides is 9. The van der Waals surface area contributed by atoms with E-state index in [1.165, 1.54) is 31.2 Å². The Kier molecular flexibility index (Phi) is 7.67. The number of halogens is 9. The highest BCUT2D eigenvalue weighted by atomic mass is 19.4. The van der Waals surface area contributed by atoms with Gasteiger partial charge in [0.05, 0.1) is 6.04 Å². The molecule has 3 rings (SSSR count). The third-order valence-electron chi connectivity index (χ3n) is 5.89. The summed E-state index contributed by atoms with van der Waals surface area (Å²) in [6.45, 7) is 2.91. The molecule has 5 nitrogen and oxygen atoms in total. The van der Waals surface area contributed by atoms with Crippen LogP contribution in [-0.2, 0) is 11.8 Å². The van der Waals surface area contributed by atoms with Crippen LogP contribution in [-0.4, -0.2) is 23.4 Å². The molecule has 39 heavy (non-hydrogen) atoms. The zero-order chi connectivity index (χ0) is 29.6. The molecule has 0 fully saturated rings. The molecule has 3 aromatic rings. The number of carbonyl (C=O) groups is 1. The zero-order valence-corrected chi connectivity index (χ0v) is 20.0. The van der Waals surface area contributed by atoms with Gasteiger partial charge in [0.25, 0.3) is 17.2 Å². The normalized spacial score (nSPS) is 13.7. The molecule has 0 aliphatic heterocycles. The lowest BCUT2D eigenvalue weighted by Gasteiger charge is -2.33. The SMILES string of the molecule is Cc1ccc(-c2cc(C(=O)N[C@H](C)c3ccc(C(F)(F)F)[n+]([O-])c3)cc(C(O)(C(F)(F)F)C(F)(F)F)c2)cc1. The first-order valence-electron chi connectivity index (χ1n) is 11.0. The van der Waals surface area contributed by atoms with Gasteiger partial charge in [-0.15, -0.1) is 0 Å². The van der Waals surface area contributed by atoms with E-state index in [1.54, 1.807) is 6.92 Å². The Bertz CT molecular complexity index is 1350. The second-order valence-corrected chi connectivity index (χ2v) is 8.74. The molecule has 0 bridgehead atoms. The Balaban J connectivity index is 2.09. The van der Waals surface area contributed by atoms with Gasteiger partial charge in [-0.3, -0.25) is 4.79 Å². The summed E-state index contributed by atoms with van der Waals surface area (Å²) >= 11 is 0. The second kappa shape index (κ2) is 10.1. The van der Waals surface area contributed by atoms with Crippen LogP contribution in [0.15, 0.2) is 60.8 Å². The molecule has 0 saturated carbocycles. The number of aryl methyl sites for hydroxylation is 1. The maximum Gasteiger partial charge on any atom is 0.478 e. The lowest BCUT2D eigenvalue weighted by atomic mass is 9.87. The molecule has 0 spiro atoms. The van der Waals surface area contributed by atoms with Crippen LogP contribution in [0.2, 0.25) is 0 Å². The Morgan fingerprint density at radius 3 is 1.92 bits per heavy atom. The number of hydrogen-bond donors (Lipinski definition) is 2. The average molecular weight is 566 g/mol. The van der Waals surface area contributed by atoms with Crippen LogP contribution in [0.4, 0.5) is 39.5 Å². The van der Waals surface area contributed by atoms with Crippen molar-refractivity contribution in [2.75, 3.05) is 0 Å². The number of rotatable bonds is 5. The quantitative estimate of drug-likeness (QED) is 0.222. The lowest BCUT2D eigenvalue weighted by molar-refractivity contribution is -0.629. The van der Waals surface area contributed by atoms with Gasteiger partial charge in [-0.2, -0.15) is 44.2 Å². The summed E-state index contributed by atoms with van der Waals surface area (Å²) in [5.41, 5.74) is -8.81. The van der Waals surface area contributed by atoms with Crippen molar-refractivity contribution in [3.63, 3.8) is 0 Å². The monoisotopic (exact) mass is 566 g/mol. The van der Waals surface area contributed by atoms with Crippen molar-refractivity contribution >= 4 is 5.91 Å². The molecule has 2 N–H and O–H groups in total. The van der Waals surface area contributed by atoms with E-state index in [1.807, 2.05) is 0 Å². The summed E-state index contributed by atoms with van der Waals surface area (Å²) in [6.07, 6.45) is -16.9. The average Bonchev–Trinajstić information content (AvgIpc) is 2.81. The first-order valence-corrected chi connectivity index (χ1v) is 11.0. The third-order valence-corrected chi connectivity index (χ3v) is 5.89. The summed E-state index contributed by atoms with van der Waals surface area (Å²) < 4.78 is 120. The third kappa shape index (κ3) is 5.95. The summed E-state index contributed by atoms with van der Waals surface area (Å²) in [7, 11) is 0. The van der Waals surface area contributed by atoms with Crippen LogP contribution in [0.3, 0.4) is 0 Å². The van der Waals surface area contributed by atoms with Gasteiger partial charge in [-0.05, 0) is 49.2 Å². The summed E-state index contributed by atoms with van der Waals surface area (Å²) in [6, 6.07) is 7.61. The van der Waals surface area contributed by atoms with Gasteiger partial charge in [0.2, 0.25) is 0 Å². The van der Waals surface area contributed by atoms with Crippen LogP contribution in [0.5, 0.6) is 0 Å². The van der Waals surface area contributed by atoms with E-state index in [0.29, 0.717) is 18.3 Å². The van der Waals surface area contributed by atoms with Crippen LogP contribution in [0.1, 0.15) is 45.7 Å². The van der Waals surface area contributed by atoms with Gasteiger partial charge < -0.3 is 15.6 Å². The standard InChI is InChI=1S/C25H19F9N2O3/c1-13-3-5-15(6-4-13)17-9-18(11-19(10-17)22(38,24(29,30)31)25(32,33)34)21(37)35-14(2)16-7-8-20(23(26,27)28)36(39)12-16/h3-12,14,38H,1-2H3,(H,35,37)/t14-/m1/s1. The summed E-state index contributed by atoms with van der Waals surface area (Å²) in [5.74, 6) is -1.22. The van der Waals surface area contributed by atoms with Crippen molar-refractivity contribution < 1.29 is 54.1 Å². The van der Waals surface area contributed by atoms with Crippen molar-refractivity contribution in [1.82, 2.24) is 5.32 Å². The molecule has 0 aliphatic rings. The minimum absolute atomic E-state index is 0.131. The summed E-state index contributed by atoms with van der Waals surface area (Å²) in [5, 5.41) is 23.9. The highest BCUT2D eigenvalue weighted by Gasteiger charge is 2.71. The number of nitrogens with one attached hydrogen (secondary N) is 1. The van der Waals surface area contributed by atoms with E-state index < -0.39 is 57.6 Å². The Labute approximate surface area is 215 Å². The molecule has 1 atom stereocenters. The molecule has 1 aromatic heterocycles. The number of nitrogens with zero attached hydrogens (tertiary/aromatic N) is 1. The maximum absolute atomic E-state index is 13.6. The fourth-order valence-electron chi connectivity index (χ4n) is 3.70. The highest BCUT2D eigenvalue weighted by Crippen LogP contribution is 2.50. The largest absolute Gasteiger partial charge is 0.618 e. The van der Waals surface area contributed by atoms with Gasteiger partial charge in [0, 0.05) is 22.8 Å². The molecular weight excluding hydrogens is 547 g/mol. The first kappa shape index (κ1) is 29.7. The van der Waals surface area contributed by atoms with Crippen molar-refractivity contribution in [3.05, 3.63) is 93.9 Å². The van der Waals surface area contributed by atoms with Crippen LogP contribution >= 0.6 is 0 Å². The van der Waals surface area contributed by atoms with Crippen LogP contribution < -0.4 is 10.0 Å². The number of aromatic nitrogens is 1. The number of carbonyl (C=O) groups excluding carboxylic acids is 1. The molecule has 0 saturated heterocycles. The van der Waals surface area contributed by atoms with Gasteiger partial charge in [-0.25, -0.2) is 0 Å². The topological polar surface area (TPSA) is 76.3 Å². The van der Waals surface area contributed by atoms with Gasteiger partial charge >= 0.3 is 18.5 Å². The van der Waals surface area contributed by atoms with Gasteiger partial charge in [-0.1, -0.05) is 29.8 Å². The zero-order valence-electron chi connectivity index (χ0n) is 20.0. The first-order chi connectivity index (χ1) is 17.8. The van der Waals surface area contributed by atoms with E-state index in [4.69, 9.17) is 0 Å². The highest BCUT2D eigenvalue weighted by molar-refractivity contribution is 5.96. The van der Waals surface area contributed by atoms with Crippen LogP contribution in [0.25, 0.3) is 11.1 Å². The number of hydrogen-bond acceptors (Lipinski definition) is 3. The van der Waals surface area contributed by atoms with E-state index in [0.717, 1.165) is 17.7 Å². The number of aliphatic hydroxyl groups is 1. The fourth-order valence-corrected chi connectivity index (χ4v) is 3.70. The predicted molar refractivity (Wildman–Crippen MR) is 119 cm³/mol. The molecular formula is C25H19F9N2O3. The molecule has 0 aliphatic carbocycles. The lowest BCUT2D eigenvalue weighted by Crippen LogP contribution is -2.54. The van der Waals surface area contributed by atoms with Crippen molar-refractivity contribution in [3.8, 4) is 11.1 Å². The molecule has 0 radical (unpaired) electrons. The minimum atomic E-state index is -6.22. The fraction of sp³-hybridized carbons (Fsp3) is 0.280. The number of pyridine rings is 1. The Hall–Kier alpha value is -3.81. The van der Waals surface area contributed by atoms with Crippen molar-refractivity contribution in [2.24, 2.45) is 0 Å². The van der Waals surface area contributed by atoms with Crippen molar-refractivity contribution in [1.29, 1.82) is 0 Å². The van der Waals surface area contributed by atoms with Crippen molar-refractivity contribution in [2.45, 2.75) is 44.0 Å². The Morgan fingerprint density at radius 1 is 0.872 bits per heavy atom. The summed E-state index contributed by atoms with van der Waals surface area (Å²) in [4.78, 5) is 12.9. The van der Waals surface area contributed by atoms with E-state index in [-0.39, 0.29) is 22.8 Å². The molecule has 1 heterocycles. The van der Waals surface area contributed by atoms with E-state index >= 15 is 0 Å². The molecule has 2 aromatic carbocycles. The molecule has 1 amide bonds. The number of benzene rings is 2. The van der Waals surface area contributed by atoms with Crippen LogP contribution in [0, 0.1) is 12.1 Å². The molecule has 210 valence electrons. The van der Waals surface area contributed by atoms with E-state index in [2.05, 4.69) is 5.32 Å². The molecule has 0 unspecified atom stereocenters. The second-order valence-electron chi connectivity index (χ2n) is 8.74. The number of amides is 1. The van der Waals surface area contributed by atoms with Gasteiger partial charge in [0.15, 0.2) is 6.20 Å². The van der Waals surface area contributed by atoms with Gasteiger partial charge in [0.1, 0.15) is 0 Å². The van der Waals surface area contributed by atoms with E-state index in [9.17, 15) is 54.6 Å². The predicted octanol–water partition coefficient (Wildman–Crippen LogP) is 6.12. The minimum Gasteiger partial charge on any atom is -0.618 e. The maximum atomic E-state index is 13.6.